The molecule has 1 saturated heterocycles. The Hall–Kier alpha value is -2.55. The van der Waals surface area contributed by atoms with Crippen LogP contribution in [0.4, 0.5) is 0 Å². The van der Waals surface area contributed by atoms with Gasteiger partial charge in [-0.15, -0.1) is 0 Å². The van der Waals surface area contributed by atoms with Crippen LogP contribution in [-0.2, 0) is 9.84 Å². The van der Waals surface area contributed by atoms with Gasteiger partial charge in [-0.05, 0) is 61.2 Å². The summed E-state index contributed by atoms with van der Waals surface area (Å²) in [5, 5.41) is 18.6. The van der Waals surface area contributed by atoms with Crippen LogP contribution in [0.2, 0.25) is 10.0 Å². The van der Waals surface area contributed by atoms with Gasteiger partial charge in [0, 0.05) is 17.2 Å². The van der Waals surface area contributed by atoms with Gasteiger partial charge in [0.1, 0.15) is 17.1 Å². The first-order valence-corrected chi connectivity index (χ1v) is 13.0. The van der Waals surface area contributed by atoms with Crippen molar-refractivity contribution in [2.75, 3.05) is 11.5 Å². The second kappa shape index (κ2) is 7.75. The van der Waals surface area contributed by atoms with Crippen molar-refractivity contribution in [2.24, 2.45) is 0 Å². The average Bonchev–Trinajstić information content (AvgIpc) is 3.40. The third kappa shape index (κ3) is 3.61. The number of hydrogen-bond acceptors (Lipinski definition) is 5. The van der Waals surface area contributed by atoms with E-state index in [2.05, 4.69) is 10.2 Å². The molecule has 1 amide bonds. The zero-order valence-corrected chi connectivity index (χ0v) is 20.2. The minimum absolute atomic E-state index is 0.0343. The van der Waals surface area contributed by atoms with Crippen molar-refractivity contribution in [1.82, 2.24) is 15.1 Å². The summed E-state index contributed by atoms with van der Waals surface area (Å²) in [6, 6.07) is 7.50. The number of fused-ring (bicyclic) bond motifs is 1. The van der Waals surface area contributed by atoms with Crippen molar-refractivity contribution in [3.63, 3.8) is 0 Å². The molecule has 1 fully saturated rings. The number of aromatic amines is 1. The number of aromatic nitrogens is 2. The largest absolute Gasteiger partial charge is 0.507 e. The molecular formula is C23H21Cl2N3O4S. The summed E-state index contributed by atoms with van der Waals surface area (Å²) >= 11 is 12.4. The lowest BCUT2D eigenvalue weighted by molar-refractivity contribution is 0.0678. The van der Waals surface area contributed by atoms with Gasteiger partial charge in [-0.3, -0.25) is 9.89 Å². The summed E-state index contributed by atoms with van der Waals surface area (Å²) in [5.74, 6) is -0.342. The third-order valence-corrected chi connectivity index (χ3v) is 9.02. The molecule has 5 rings (SSSR count). The van der Waals surface area contributed by atoms with Gasteiger partial charge in [0.05, 0.1) is 27.6 Å². The molecule has 10 heteroatoms. The van der Waals surface area contributed by atoms with E-state index in [1.54, 1.807) is 29.2 Å². The summed E-state index contributed by atoms with van der Waals surface area (Å²) in [7, 11) is -3.23. The number of carbonyl (C=O) groups excluding carboxylic acids is 1. The molecule has 0 saturated carbocycles. The maximum atomic E-state index is 13.5. The fourth-order valence-corrected chi connectivity index (χ4v) is 6.76. The smallest absolute Gasteiger partial charge is 0.273 e. The van der Waals surface area contributed by atoms with Crippen molar-refractivity contribution in [1.29, 1.82) is 0 Å². The molecule has 2 aromatic carbocycles. The number of sulfone groups is 1. The normalized spacial score (nSPS) is 21.6. The molecule has 172 valence electrons. The lowest BCUT2D eigenvalue weighted by Gasteiger charge is -2.31. The molecule has 2 N–H and O–H groups in total. The number of phenols is 1. The maximum absolute atomic E-state index is 13.5. The van der Waals surface area contributed by atoms with E-state index in [-0.39, 0.29) is 28.9 Å². The molecule has 3 aromatic rings. The second-order valence-corrected chi connectivity index (χ2v) is 11.7. The first-order valence-electron chi connectivity index (χ1n) is 10.4. The fraction of sp³-hybridized carbons (Fsp3) is 0.304. The number of hydrogen-bond donors (Lipinski definition) is 2. The predicted molar refractivity (Wildman–Crippen MR) is 127 cm³/mol. The third-order valence-electron chi connectivity index (χ3n) is 6.53. The predicted octanol–water partition coefficient (Wildman–Crippen LogP) is 4.44. The number of aryl methyl sites for hydroxylation is 2. The highest BCUT2D eigenvalue weighted by atomic mass is 35.5. The summed E-state index contributed by atoms with van der Waals surface area (Å²) in [6.07, 6.45) is 0.355. The van der Waals surface area contributed by atoms with Crippen LogP contribution in [0.25, 0.3) is 11.3 Å². The van der Waals surface area contributed by atoms with Gasteiger partial charge < -0.3 is 10.0 Å². The first kappa shape index (κ1) is 22.3. The summed E-state index contributed by atoms with van der Waals surface area (Å²) < 4.78 is 24.5. The van der Waals surface area contributed by atoms with Crippen LogP contribution in [0.3, 0.4) is 0 Å². The Morgan fingerprint density at radius 3 is 2.52 bits per heavy atom. The maximum Gasteiger partial charge on any atom is 0.273 e. The van der Waals surface area contributed by atoms with Crippen LogP contribution in [0, 0.1) is 13.8 Å². The van der Waals surface area contributed by atoms with Crippen molar-refractivity contribution < 1.29 is 18.3 Å². The topological polar surface area (TPSA) is 103 Å². The SMILES string of the molecule is Cc1cc(O)c(-c2n[nH]c3c2C(c2ccc(Cl)c(Cl)c2)N(C2CCS(=O)(=O)C2)C3=O)cc1C. The Balaban J connectivity index is 1.72. The Kier molecular flexibility index (Phi) is 5.23. The second-order valence-electron chi connectivity index (χ2n) is 8.66. The monoisotopic (exact) mass is 505 g/mol. The molecule has 33 heavy (non-hydrogen) atoms. The summed E-state index contributed by atoms with van der Waals surface area (Å²) in [5.41, 5.74) is 4.38. The van der Waals surface area contributed by atoms with E-state index >= 15 is 0 Å². The average molecular weight is 506 g/mol. The van der Waals surface area contributed by atoms with E-state index in [1.807, 2.05) is 19.9 Å². The van der Waals surface area contributed by atoms with Gasteiger partial charge in [0.25, 0.3) is 5.91 Å². The lowest BCUT2D eigenvalue weighted by Crippen LogP contribution is -2.40. The van der Waals surface area contributed by atoms with Crippen molar-refractivity contribution >= 4 is 38.9 Å². The van der Waals surface area contributed by atoms with Crippen LogP contribution in [0.5, 0.6) is 5.75 Å². The van der Waals surface area contributed by atoms with Crippen molar-refractivity contribution in [3.05, 3.63) is 68.3 Å². The van der Waals surface area contributed by atoms with Gasteiger partial charge in [-0.1, -0.05) is 29.3 Å². The number of halogens is 2. The molecule has 0 spiro atoms. The van der Waals surface area contributed by atoms with Crippen LogP contribution < -0.4 is 0 Å². The molecule has 0 bridgehead atoms. The van der Waals surface area contributed by atoms with E-state index in [1.165, 1.54) is 0 Å². The molecule has 3 heterocycles. The number of phenolic OH excluding ortho intramolecular Hbond substituents is 1. The van der Waals surface area contributed by atoms with E-state index in [9.17, 15) is 18.3 Å². The van der Waals surface area contributed by atoms with Crippen molar-refractivity contribution in [2.45, 2.75) is 32.4 Å². The molecule has 2 unspecified atom stereocenters. The molecule has 2 aliphatic heterocycles. The van der Waals surface area contributed by atoms with Crippen LogP contribution in [0.15, 0.2) is 30.3 Å². The Labute approximate surface area is 201 Å². The van der Waals surface area contributed by atoms with Crippen LogP contribution in [-0.4, -0.2) is 52.1 Å². The van der Waals surface area contributed by atoms with Gasteiger partial charge in [0.15, 0.2) is 9.84 Å². The molecule has 2 aliphatic rings. The van der Waals surface area contributed by atoms with Gasteiger partial charge in [0.2, 0.25) is 0 Å². The fourth-order valence-electron chi connectivity index (χ4n) is 4.74. The highest BCUT2D eigenvalue weighted by Gasteiger charge is 2.48. The van der Waals surface area contributed by atoms with E-state index < -0.39 is 21.9 Å². The van der Waals surface area contributed by atoms with E-state index in [0.29, 0.717) is 38.9 Å². The Morgan fingerprint density at radius 1 is 1.12 bits per heavy atom. The summed E-state index contributed by atoms with van der Waals surface area (Å²) in [6.45, 7) is 3.83. The molecule has 1 aromatic heterocycles. The number of aromatic hydroxyl groups is 1. The number of rotatable bonds is 3. The van der Waals surface area contributed by atoms with E-state index in [4.69, 9.17) is 23.2 Å². The molecule has 0 aliphatic carbocycles. The number of nitrogens with zero attached hydrogens (tertiary/aromatic N) is 2. The number of amides is 1. The number of benzene rings is 2. The molecule has 2 atom stereocenters. The van der Waals surface area contributed by atoms with Crippen LogP contribution >= 0.6 is 23.2 Å². The number of carbonyl (C=O) groups is 1. The van der Waals surface area contributed by atoms with Crippen LogP contribution in [0.1, 0.15) is 45.2 Å². The quantitative estimate of drug-likeness (QED) is 0.547. The minimum Gasteiger partial charge on any atom is -0.507 e. The first-order chi connectivity index (χ1) is 15.6. The highest BCUT2D eigenvalue weighted by Crippen LogP contribution is 2.47. The number of nitrogens with one attached hydrogen (secondary N) is 1. The van der Waals surface area contributed by atoms with Gasteiger partial charge >= 0.3 is 0 Å². The Morgan fingerprint density at radius 2 is 1.85 bits per heavy atom. The Bertz CT molecular complexity index is 1420. The standard InChI is InChI=1S/C23H21Cl2N3O4S/c1-11-7-15(18(29)8-12(11)2)20-19-21(27-26-20)23(30)28(14-5-6-33(31,32)10-14)22(19)13-3-4-16(24)17(25)9-13/h3-4,7-9,14,22,29H,5-6,10H2,1-2H3,(H,26,27). The van der Waals surface area contributed by atoms with Gasteiger partial charge in [-0.25, -0.2) is 8.42 Å². The van der Waals surface area contributed by atoms with Gasteiger partial charge in [-0.2, -0.15) is 5.10 Å². The lowest BCUT2D eigenvalue weighted by atomic mass is 9.93. The molecule has 0 radical (unpaired) electrons. The van der Waals surface area contributed by atoms with Crippen molar-refractivity contribution in [3.8, 4) is 17.0 Å². The minimum atomic E-state index is -3.23. The molecular weight excluding hydrogens is 485 g/mol. The molecule has 7 nitrogen and oxygen atoms in total. The zero-order chi connectivity index (χ0) is 23.7. The van der Waals surface area contributed by atoms with E-state index in [0.717, 1.165) is 11.1 Å². The number of H-pyrrole nitrogens is 1. The summed E-state index contributed by atoms with van der Waals surface area (Å²) in [4.78, 5) is 15.1. The zero-order valence-electron chi connectivity index (χ0n) is 17.9. The highest BCUT2D eigenvalue weighted by molar-refractivity contribution is 7.91.